The fourth-order valence-electron chi connectivity index (χ4n) is 2.34. The molecule has 18 heavy (non-hydrogen) atoms. The number of nitrogens with zero attached hydrogens (tertiary/aromatic N) is 2. The third kappa shape index (κ3) is 1.90. The Morgan fingerprint density at radius 2 is 2.17 bits per heavy atom. The summed E-state index contributed by atoms with van der Waals surface area (Å²) in [5, 5.41) is 1.93. The van der Waals surface area contributed by atoms with Gasteiger partial charge in [0.15, 0.2) is 5.78 Å². The third-order valence-electron chi connectivity index (χ3n) is 3.22. The van der Waals surface area contributed by atoms with E-state index in [2.05, 4.69) is 4.98 Å². The van der Waals surface area contributed by atoms with Gasteiger partial charge >= 0.3 is 0 Å². The molecule has 0 bridgehead atoms. The third-order valence-corrected chi connectivity index (χ3v) is 3.85. The molecular formula is C13H12N2O2S. The number of ketones is 1. The van der Waals surface area contributed by atoms with E-state index >= 15 is 0 Å². The molecule has 3 rings (SSSR count). The minimum atomic E-state index is -0.0588. The summed E-state index contributed by atoms with van der Waals surface area (Å²) in [7, 11) is 0. The molecule has 0 saturated heterocycles. The lowest BCUT2D eigenvalue weighted by molar-refractivity contribution is 0.0970. The summed E-state index contributed by atoms with van der Waals surface area (Å²) >= 11 is 1.51. The van der Waals surface area contributed by atoms with Crippen LogP contribution in [0.5, 0.6) is 0 Å². The maximum Gasteiger partial charge on any atom is 0.251 e. The van der Waals surface area contributed by atoms with Gasteiger partial charge in [-0.15, -0.1) is 11.3 Å². The first-order chi connectivity index (χ1) is 8.75. The number of Topliss-reactive ketones (excluding diaryl/α,β-unsaturated/α-hetero) is 1. The van der Waals surface area contributed by atoms with E-state index in [-0.39, 0.29) is 11.3 Å². The Hall–Kier alpha value is -1.75. The molecule has 2 heterocycles. The minimum Gasteiger partial charge on any atom is -0.306 e. The van der Waals surface area contributed by atoms with Gasteiger partial charge in [0, 0.05) is 29.1 Å². The lowest BCUT2D eigenvalue weighted by Crippen LogP contribution is -2.28. The quantitative estimate of drug-likeness (QED) is 0.828. The fraction of sp³-hybridized carbons (Fsp3) is 0.308. The van der Waals surface area contributed by atoms with Crippen LogP contribution in [-0.2, 0) is 13.0 Å². The van der Waals surface area contributed by atoms with Crippen LogP contribution in [0.2, 0.25) is 0 Å². The molecule has 0 unspecified atom stereocenters. The zero-order valence-electron chi connectivity index (χ0n) is 9.76. The van der Waals surface area contributed by atoms with E-state index in [0.29, 0.717) is 18.5 Å². The van der Waals surface area contributed by atoms with Crippen LogP contribution in [-0.4, -0.2) is 15.3 Å². The monoisotopic (exact) mass is 260 g/mol. The number of carbonyl (C=O) groups is 1. The number of hydrogen-bond acceptors (Lipinski definition) is 4. The number of pyridine rings is 1. The fourth-order valence-corrected chi connectivity index (χ4v) is 2.89. The van der Waals surface area contributed by atoms with Crippen molar-refractivity contribution in [3.05, 3.63) is 50.3 Å². The normalized spacial score (nSPS) is 14.6. The lowest BCUT2D eigenvalue weighted by atomic mass is 9.94. The number of carbonyl (C=O) groups excluding carboxylic acids is 1. The minimum absolute atomic E-state index is 0.0588. The maximum atomic E-state index is 12.0. The second-order valence-electron chi connectivity index (χ2n) is 4.37. The molecule has 2 aromatic heterocycles. The highest BCUT2D eigenvalue weighted by Crippen LogP contribution is 2.20. The van der Waals surface area contributed by atoms with Crippen LogP contribution < -0.4 is 5.56 Å². The van der Waals surface area contributed by atoms with Gasteiger partial charge in [-0.25, -0.2) is 4.98 Å². The van der Waals surface area contributed by atoms with Crippen LogP contribution >= 0.6 is 11.3 Å². The van der Waals surface area contributed by atoms with Crippen LogP contribution in [0.15, 0.2) is 27.8 Å². The van der Waals surface area contributed by atoms with Crippen molar-refractivity contribution in [3.63, 3.8) is 0 Å². The van der Waals surface area contributed by atoms with Gasteiger partial charge in [0.1, 0.15) is 0 Å². The van der Waals surface area contributed by atoms with Gasteiger partial charge in [0.25, 0.3) is 5.56 Å². The van der Waals surface area contributed by atoms with Gasteiger partial charge in [-0.2, -0.15) is 0 Å². The predicted molar refractivity (Wildman–Crippen MR) is 69.2 cm³/mol. The van der Waals surface area contributed by atoms with E-state index in [0.717, 1.165) is 24.2 Å². The van der Waals surface area contributed by atoms with Gasteiger partial charge in [-0.1, -0.05) is 0 Å². The van der Waals surface area contributed by atoms with Gasteiger partial charge in [-0.3, -0.25) is 9.59 Å². The molecule has 0 radical (unpaired) electrons. The van der Waals surface area contributed by atoms with Gasteiger partial charge < -0.3 is 4.57 Å². The first-order valence-electron chi connectivity index (χ1n) is 5.88. The highest BCUT2D eigenvalue weighted by atomic mass is 32.1. The average molecular weight is 260 g/mol. The maximum absolute atomic E-state index is 12.0. The van der Waals surface area contributed by atoms with E-state index in [1.54, 1.807) is 16.1 Å². The summed E-state index contributed by atoms with van der Waals surface area (Å²) in [6.45, 7) is 0.457. The zero-order chi connectivity index (χ0) is 12.5. The molecule has 4 nitrogen and oxygen atoms in total. The summed E-state index contributed by atoms with van der Waals surface area (Å²) in [5.74, 6) is 0.142. The van der Waals surface area contributed by atoms with Gasteiger partial charge in [0.05, 0.1) is 17.7 Å². The largest absolute Gasteiger partial charge is 0.306 e. The van der Waals surface area contributed by atoms with Crippen molar-refractivity contribution in [1.29, 1.82) is 0 Å². The van der Waals surface area contributed by atoms with Gasteiger partial charge in [-0.05, 0) is 18.9 Å². The molecule has 1 aliphatic rings. The van der Waals surface area contributed by atoms with Crippen molar-refractivity contribution in [2.45, 2.75) is 25.8 Å². The Kier molecular flexibility index (Phi) is 2.83. The second-order valence-corrected chi connectivity index (χ2v) is 5.09. The van der Waals surface area contributed by atoms with Crippen molar-refractivity contribution in [2.24, 2.45) is 0 Å². The Labute approximate surface area is 108 Å². The van der Waals surface area contributed by atoms with Crippen LogP contribution in [0, 0.1) is 0 Å². The molecule has 0 aliphatic heterocycles. The highest BCUT2D eigenvalue weighted by molar-refractivity contribution is 7.07. The van der Waals surface area contributed by atoms with E-state index in [4.69, 9.17) is 0 Å². The Morgan fingerprint density at radius 3 is 2.94 bits per heavy atom. The van der Waals surface area contributed by atoms with E-state index < -0.39 is 0 Å². The Morgan fingerprint density at radius 1 is 1.28 bits per heavy atom. The number of hydrogen-bond donors (Lipinski definition) is 0. The first-order valence-corrected chi connectivity index (χ1v) is 6.83. The predicted octanol–water partition coefficient (Wildman–Crippen LogP) is 1.87. The molecular weight excluding hydrogens is 248 g/mol. The number of thiazole rings is 1. The molecule has 0 fully saturated rings. The molecule has 0 amide bonds. The standard InChI is InChI=1S/C13H12N2O2S/c16-12-3-1-2-11-10(12)4-5-13(17)15(11)6-9-7-18-8-14-9/h4-5,7-8H,1-3,6H2. The molecule has 0 aromatic carbocycles. The van der Waals surface area contributed by atoms with Crippen molar-refractivity contribution in [2.75, 3.05) is 0 Å². The Balaban J connectivity index is 2.10. The number of rotatable bonds is 2. The molecule has 0 atom stereocenters. The molecule has 5 heteroatoms. The summed E-state index contributed by atoms with van der Waals surface area (Å²) in [4.78, 5) is 28.0. The molecule has 2 aromatic rings. The topological polar surface area (TPSA) is 52.0 Å². The SMILES string of the molecule is O=C1CCCc2c1ccc(=O)n2Cc1cscn1. The smallest absolute Gasteiger partial charge is 0.251 e. The first kappa shape index (κ1) is 11.3. The summed E-state index contributed by atoms with van der Waals surface area (Å²) in [6.07, 6.45) is 2.20. The summed E-state index contributed by atoms with van der Waals surface area (Å²) in [5.41, 5.74) is 4.13. The summed E-state index contributed by atoms with van der Waals surface area (Å²) in [6, 6.07) is 3.14. The molecule has 0 N–H and O–H groups in total. The molecule has 92 valence electrons. The highest BCUT2D eigenvalue weighted by Gasteiger charge is 2.20. The van der Waals surface area contributed by atoms with E-state index in [1.807, 2.05) is 5.38 Å². The molecule has 0 spiro atoms. The summed E-state index contributed by atoms with van der Waals surface area (Å²) < 4.78 is 1.68. The lowest BCUT2D eigenvalue weighted by Gasteiger charge is -2.19. The number of fused-ring (bicyclic) bond motifs is 1. The second kappa shape index (κ2) is 4.49. The van der Waals surface area contributed by atoms with Gasteiger partial charge in [0.2, 0.25) is 0 Å². The van der Waals surface area contributed by atoms with Crippen molar-refractivity contribution >= 4 is 17.1 Å². The van der Waals surface area contributed by atoms with Crippen LogP contribution in [0.25, 0.3) is 0 Å². The van der Waals surface area contributed by atoms with E-state index in [1.165, 1.54) is 17.4 Å². The van der Waals surface area contributed by atoms with Crippen molar-refractivity contribution < 1.29 is 4.79 Å². The van der Waals surface area contributed by atoms with Crippen molar-refractivity contribution in [1.82, 2.24) is 9.55 Å². The van der Waals surface area contributed by atoms with Crippen molar-refractivity contribution in [3.8, 4) is 0 Å². The van der Waals surface area contributed by atoms with E-state index in [9.17, 15) is 9.59 Å². The molecule has 0 saturated carbocycles. The van der Waals surface area contributed by atoms with Crippen LogP contribution in [0.3, 0.4) is 0 Å². The zero-order valence-corrected chi connectivity index (χ0v) is 10.6. The molecule has 1 aliphatic carbocycles. The Bertz CT molecular complexity index is 644. The average Bonchev–Trinajstić information content (AvgIpc) is 2.86. The van der Waals surface area contributed by atoms with Crippen LogP contribution in [0.4, 0.5) is 0 Å². The van der Waals surface area contributed by atoms with Crippen LogP contribution in [0.1, 0.15) is 34.6 Å². The number of aromatic nitrogens is 2.